The molecule has 1 heterocycles. The monoisotopic (exact) mass is 236 g/mol. The van der Waals surface area contributed by atoms with Gasteiger partial charge in [0.15, 0.2) is 0 Å². The lowest BCUT2D eigenvalue weighted by molar-refractivity contribution is 0.199. The fraction of sp³-hybridized carbons (Fsp3) is 0.250. The summed E-state index contributed by atoms with van der Waals surface area (Å²) in [6, 6.07) is 5.47. The maximum atomic E-state index is 9.43. The smallest absolute Gasteiger partial charge is 0.0832 e. The van der Waals surface area contributed by atoms with E-state index in [1.54, 1.807) is 23.9 Å². The molecule has 16 heavy (non-hydrogen) atoms. The summed E-state index contributed by atoms with van der Waals surface area (Å²) in [5, 5.41) is 14.2. The highest BCUT2D eigenvalue weighted by Crippen LogP contribution is 2.24. The third-order valence-electron chi connectivity index (χ3n) is 2.41. The van der Waals surface area contributed by atoms with E-state index in [-0.39, 0.29) is 0 Å². The van der Waals surface area contributed by atoms with Gasteiger partial charge in [0.2, 0.25) is 0 Å². The number of aliphatic hydroxyl groups is 1. The highest BCUT2D eigenvalue weighted by molar-refractivity contribution is 6.32. The maximum Gasteiger partial charge on any atom is 0.0832 e. The summed E-state index contributed by atoms with van der Waals surface area (Å²) >= 11 is 6.15. The van der Waals surface area contributed by atoms with Crippen LogP contribution in [-0.4, -0.2) is 14.9 Å². The summed E-state index contributed by atoms with van der Waals surface area (Å²) in [4.78, 5) is 0. The highest BCUT2D eigenvalue weighted by atomic mass is 35.5. The molecule has 0 bridgehead atoms. The lowest BCUT2D eigenvalue weighted by Crippen LogP contribution is -1.97. The fourth-order valence-corrected chi connectivity index (χ4v) is 1.79. The van der Waals surface area contributed by atoms with Gasteiger partial charge in [0.25, 0.3) is 0 Å². The third-order valence-corrected chi connectivity index (χ3v) is 2.72. The Morgan fingerprint density at radius 2 is 2.19 bits per heavy atom. The summed E-state index contributed by atoms with van der Waals surface area (Å²) < 4.78 is 1.73. The standard InChI is InChI=1S/C12H13ClN2O/c1-8-6-14-15(7-8)12-4-3-10(9(2)16)5-11(12)13/h3-7,9,16H,1-2H3/t9-/m1/s1. The summed E-state index contributed by atoms with van der Waals surface area (Å²) in [6.45, 7) is 3.69. The van der Waals surface area contributed by atoms with Crippen LogP contribution in [0.25, 0.3) is 5.69 Å². The van der Waals surface area contributed by atoms with Crippen molar-refractivity contribution in [3.63, 3.8) is 0 Å². The zero-order valence-electron chi connectivity index (χ0n) is 9.18. The van der Waals surface area contributed by atoms with E-state index in [9.17, 15) is 5.11 Å². The number of aryl methyl sites for hydroxylation is 1. The molecule has 0 radical (unpaired) electrons. The van der Waals surface area contributed by atoms with Crippen LogP contribution in [0.1, 0.15) is 24.2 Å². The van der Waals surface area contributed by atoms with Crippen LogP contribution < -0.4 is 0 Å². The van der Waals surface area contributed by atoms with Gasteiger partial charge in [-0.3, -0.25) is 0 Å². The largest absolute Gasteiger partial charge is 0.389 e. The summed E-state index contributed by atoms with van der Waals surface area (Å²) in [6.07, 6.45) is 3.17. The van der Waals surface area contributed by atoms with E-state index in [0.717, 1.165) is 16.8 Å². The minimum absolute atomic E-state index is 0.508. The molecule has 84 valence electrons. The van der Waals surface area contributed by atoms with Crippen molar-refractivity contribution in [1.82, 2.24) is 9.78 Å². The van der Waals surface area contributed by atoms with E-state index in [0.29, 0.717) is 5.02 Å². The molecule has 0 unspecified atom stereocenters. The van der Waals surface area contributed by atoms with Gasteiger partial charge in [-0.25, -0.2) is 4.68 Å². The Balaban J connectivity index is 2.44. The number of benzene rings is 1. The highest BCUT2D eigenvalue weighted by Gasteiger charge is 2.07. The first-order valence-electron chi connectivity index (χ1n) is 5.07. The number of hydrogen-bond acceptors (Lipinski definition) is 2. The number of nitrogens with zero attached hydrogens (tertiary/aromatic N) is 2. The maximum absolute atomic E-state index is 9.43. The van der Waals surface area contributed by atoms with Crippen molar-refractivity contribution in [2.75, 3.05) is 0 Å². The Kier molecular flexibility index (Phi) is 2.99. The second kappa shape index (κ2) is 4.28. The molecule has 1 atom stereocenters. The van der Waals surface area contributed by atoms with Gasteiger partial charge in [0.1, 0.15) is 0 Å². The second-order valence-electron chi connectivity index (χ2n) is 3.85. The first kappa shape index (κ1) is 11.2. The number of aliphatic hydroxyl groups excluding tert-OH is 1. The van der Waals surface area contributed by atoms with Crippen LogP contribution >= 0.6 is 11.6 Å². The lowest BCUT2D eigenvalue weighted by Gasteiger charge is -2.08. The van der Waals surface area contributed by atoms with Gasteiger partial charge in [0.05, 0.1) is 23.0 Å². The Bertz CT molecular complexity index is 505. The molecule has 1 aromatic heterocycles. The predicted octanol–water partition coefficient (Wildman–Crippen LogP) is 2.89. The molecule has 2 rings (SSSR count). The van der Waals surface area contributed by atoms with Crippen LogP contribution in [0.2, 0.25) is 5.02 Å². The Morgan fingerprint density at radius 1 is 1.44 bits per heavy atom. The van der Waals surface area contributed by atoms with Gasteiger partial charge >= 0.3 is 0 Å². The molecule has 0 saturated carbocycles. The second-order valence-corrected chi connectivity index (χ2v) is 4.26. The normalized spacial score (nSPS) is 12.8. The van der Waals surface area contributed by atoms with Crippen molar-refractivity contribution in [3.8, 4) is 5.69 Å². The van der Waals surface area contributed by atoms with E-state index in [1.165, 1.54) is 0 Å². The van der Waals surface area contributed by atoms with Crippen LogP contribution in [-0.2, 0) is 0 Å². The Hall–Kier alpha value is -1.32. The van der Waals surface area contributed by atoms with E-state index >= 15 is 0 Å². The molecule has 3 nitrogen and oxygen atoms in total. The van der Waals surface area contributed by atoms with Crippen LogP contribution in [0, 0.1) is 6.92 Å². The Labute approximate surface area is 99.3 Å². The van der Waals surface area contributed by atoms with Crippen molar-refractivity contribution in [2.45, 2.75) is 20.0 Å². The van der Waals surface area contributed by atoms with Gasteiger partial charge in [-0.05, 0) is 37.1 Å². The van der Waals surface area contributed by atoms with Crippen LogP contribution in [0.5, 0.6) is 0 Å². The molecule has 0 aliphatic carbocycles. The number of rotatable bonds is 2. The molecule has 2 aromatic rings. The van der Waals surface area contributed by atoms with Gasteiger partial charge in [0, 0.05) is 6.20 Å². The average Bonchev–Trinajstić information content (AvgIpc) is 2.64. The number of aromatic nitrogens is 2. The van der Waals surface area contributed by atoms with Gasteiger partial charge in [-0.2, -0.15) is 5.10 Å². The predicted molar refractivity (Wildman–Crippen MR) is 63.9 cm³/mol. The molecular formula is C12H13ClN2O. The minimum atomic E-state index is -0.508. The molecule has 0 aliphatic rings. The van der Waals surface area contributed by atoms with E-state index in [4.69, 9.17) is 11.6 Å². The molecular weight excluding hydrogens is 224 g/mol. The van der Waals surface area contributed by atoms with Gasteiger partial charge in [-0.15, -0.1) is 0 Å². The summed E-state index contributed by atoms with van der Waals surface area (Å²) in [7, 11) is 0. The molecule has 0 fully saturated rings. The molecule has 0 amide bonds. The third kappa shape index (κ3) is 2.10. The van der Waals surface area contributed by atoms with Crippen molar-refractivity contribution in [1.29, 1.82) is 0 Å². The zero-order chi connectivity index (χ0) is 11.7. The quantitative estimate of drug-likeness (QED) is 0.871. The molecule has 0 spiro atoms. The molecule has 4 heteroatoms. The van der Waals surface area contributed by atoms with E-state index < -0.39 is 6.10 Å². The SMILES string of the molecule is Cc1cnn(-c2ccc([C@@H](C)O)cc2Cl)c1. The van der Waals surface area contributed by atoms with Crippen molar-refractivity contribution < 1.29 is 5.11 Å². The van der Waals surface area contributed by atoms with Crippen LogP contribution in [0.3, 0.4) is 0 Å². The summed E-state index contributed by atoms with van der Waals surface area (Å²) in [5.41, 5.74) is 2.70. The van der Waals surface area contributed by atoms with Crippen LogP contribution in [0.4, 0.5) is 0 Å². The molecule has 1 N–H and O–H groups in total. The van der Waals surface area contributed by atoms with E-state index in [1.807, 2.05) is 25.3 Å². The van der Waals surface area contributed by atoms with E-state index in [2.05, 4.69) is 5.10 Å². The van der Waals surface area contributed by atoms with Crippen molar-refractivity contribution >= 4 is 11.6 Å². The Morgan fingerprint density at radius 3 is 2.69 bits per heavy atom. The minimum Gasteiger partial charge on any atom is -0.389 e. The van der Waals surface area contributed by atoms with Gasteiger partial charge in [-0.1, -0.05) is 17.7 Å². The molecule has 0 saturated heterocycles. The topological polar surface area (TPSA) is 38.0 Å². The zero-order valence-corrected chi connectivity index (χ0v) is 9.94. The first-order valence-corrected chi connectivity index (χ1v) is 5.45. The first-order chi connectivity index (χ1) is 7.58. The number of halogens is 1. The van der Waals surface area contributed by atoms with Crippen LogP contribution in [0.15, 0.2) is 30.6 Å². The average molecular weight is 237 g/mol. The fourth-order valence-electron chi connectivity index (χ4n) is 1.51. The summed E-state index contributed by atoms with van der Waals surface area (Å²) in [5.74, 6) is 0. The van der Waals surface area contributed by atoms with Crippen molar-refractivity contribution in [2.24, 2.45) is 0 Å². The molecule has 0 aliphatic heterocycles. The van der Waals surface area contributed by atoms with Gasteiger partial charge < -0.3 is 5.11 Å². The lowest BCUT2D eigenvalue weighted by atomic mass is 10.1. The molecule has 1 aromatic carbocycles. The number of hydrogen-bond donors (Lipinski definition) is 1. The van der Waals surface area contributed by atoms with Crippen molar-refractivity contribution in [3.05, 3.63) is 46.7 Å².